The molecule has 10 nitrogen and oxygen atoms in total. The number of aldehydes is 2. The van der Waals surface area contributed by atoms with Crippen molar-refractivity contribution < 1.29 is 115 Å². The average molecular weight is 1090 g/mol. The van der Waals surface area contributed by atoms with Gasteiger partial charge in [-0.2, -0.15) is 0 Å². The molecular weight excluding hydrogens is 1050 g/mol. The number of aromatic hydroxyl groups is 1. The molecule has 0 aliphatic heterocycles. The summed E-state index contributed by atoms with van der Waals surface area (Å²) >= 11 is 22.8. The number of phenolic OH excluding ortho intramolecular Hbond substituents is 1. The minimum Gasteiger partial charge on any atom is -0.870 e. The molecule has 8 rings (SSSR count). The quantitative estimate of drug-likeness (QED) is 0.0396. The number of carbonyl (C=O) groups is 2. The first-order chi connectivity index (χ1) is 31.9. The molecule has 0 radical (unpaired) electrons. The first-order valence-corrected chi connectivity index (χ1v) is 21.0. The summed E-state index contributed by atoms with van der Waals surface area (Å²) in [5.74, 6) is 4.32. The van der Waals surface area contributed by atoms with Gasteiger partial charge in [0, 0.05) is 57.2 Å². The first-order valence-electron chi connectivity index (χ1n) is 19.5. The number of benzene rings is 8. The van der Waals surface area contributed by atoms with Crippen LogP contribution in [-0.2, 0) is 26.0 Å². The number of hydrogen-bond donors (Lipinski definition) is 3. The van der Waals surface area contributed by atoms with Crippen LogP contribution in [0.2, 0.25) is 20.1 Å². The fourth-order valence-electron chi connectivity index (χ4n) is 4.90. The summed E-state index contributed by atoms with van der Waals surface area (Å²) in [6.45, 7) is 0.543. The Labute approximate surface area is 474 Å². The number of oxime groups is 1. The molecule has 0 saturated heterocycles. The molecule has 0 aliphatic carbocycles. The van der Waals surface area contributed by atoms with Gasteiger partial charge in [0.25, 0.3) is 0 Å². The number of nitrogens with zero attached hydrogens (tertiary/aromatic N) is 1. The number of hydrogen-bond acceptors (Lipinski definition) is 10. The minimum atomic E-state index is -0.319. The second-order valence-corrected chi connectivity index (χ2v) is 14.9. The molecule has 69 heavy (non-hydrogen) atoms. The molecular formula is C52H42Cl4FKN2O8Zn. The van der Waals surface area contributed by atoms with Gasteiger partial charge in [-0.25, -0.2) is 4.39 Å². The van der Waals surface area contributed by atoms with Crippen molar-refractivity contribution in [1.29, 1.82) is 0 Å². The second-order valence-electron chi connectivity index (χ2n) is 13.2. The van der Waals surface area contributed by atoms with Crippen LogP contribution in [0.4, 0.5) is 4.39 Å². The first kappa shape index (κ1) is 62.1. The molecule has 0 heterocycles. The van der Waals surface area contributed by atoms with Gasteiger partial charge < -0.3 is 35.7 Å². The molecule has 0 atom stereocenters. The Hall–Kier alpha value is -4.96. The van der Waals surface area contributed by atoms with Crippen molar-refractivity contribution in [2.24, 2.45) is 10.9 Å². The van der Waals surface area contributed by atoms with Crippen LogP contribution in [0.25, 0.3) is 0 Å². The normalized spacial score (nSPS) is 9.48. The summed E-state index contributed by atoms with van der Waals surface area (Å²) in [4.78, 5) is 20.5. The van der Waals surface area contributed by atoms with Gasteiger partial charge in [-0.1, -0.05) is 63.7 Å². The van der Waals surface area contributed by atoms with Crippen LogP contribution < -0.4 is 71.3 Å². The standard InChI is InChI=1S/C13H10ClNO2.C13H12ClNO.C13H9ClO2.C7H5FO.C6H5ClO.K.H2O.Zn/c14-11-3-7-13(8-4-11)17-12-5-1-10(2-6-12)9-15-16;2*14-11-3-7-13(8-4-11)16-12-5-1-10(9-15)2-6-12;8-7-3-1-6(5-9)2-4-7;7-5-1-3-6(8)4-2-5;;;/h1-9,16H;1-8H,9,15H2;1-9H;1-5H;1-4,8H;;1H2;/q;;;;;+1;;/p-1/b15-9-;;;;;;;. The summed E-state index contributed by atoms with van der Waals surface area (Å²) in [5, 5.41) is 22.7. The molecule has 0 fully saturated rings. The van der Waals surface area contributed by atoms with Gasteiger partial charge in [0.2, 0.25) is 0 Å². The smallest absolute Gasteiger partial charge is 0.870 e. The van der Waals surface area contributed by atoms with Gasteiger partial charge in [0.15, 0.2) is 0 Å². The Kier molecular flexibility index (Phi) is 31.6. The molecule has 0 bridgehead atoms. The zero-order valence-corrected chi connectivity index (χ0v) is 46.0. The van der Waals surface area contributed by atoms with Crippen molar-refractivity contribution in [2.45, 2.75) is 6.54 Å². The van der Waals surface area contributed by atoms with E-state index in [4.69, 9.17) is 76.7 Å². The Bertz CT molecular complexity index is 2650. The van der Waals surface area contributed by atoms with E-state index in [1.54, 1.807) is 133 Å². The largest absolute Gasteiger partial charge is 1.00 e. The van der Waals surface area contributed by atoms with Crippen molar-refractivity contribution in [3.63, 3.8) is 0 Å². The maximum Gasteiger partial charge on any atom is 1.00 e. The summed E-state index contributed by atoms with van der Waals surface area (Å²) < 4.78 is 28.9. The second kappa shape index (κ2) is 35.2. The van der Waals surface area contributed by atoms with E-state index in [-0.39, 0.29) is 87.9 Å². The SMILES string of the molecule is NCc1ccc(Oc2ccc(Cl)cc2)cc1.O/N=C\c1ccc(Oc2ccc(Cl)cc2)cc1.O=Cc1ccc(F)cc1.O=Cc1ccc(Oc2ccc(Cl)cc2)cc1.Oc1ccc(Cl)cc1.[K+].[OH-].[Zn]. The molecule has 17 heteroatoms. The number of phenols is 1. The predicted octanol–water partition coefficient (Wildman–Crippen LogP) is 12.0. The van der Waals surface area contributed by atoms with E-state index in [2.05, 4.69) is 5.16 Å². The average Bonchev–Trinajstić information content (AvgIpc) is 3.34. The van der Waals surface area contributed by atoms with Gasteiger partial charge in [-0.15, -0.1) is 0 Å². The van der Waals surface area contributed by atoms with Crippen molar-refractivity contribution in [1.82, 2.24) is 0 Å². The molecule has 0 unspecified atom stereocenters. The third kappa shape index (κ3) is 25.5. The van der Waals surface area contributed by atoms with Crippen molar-refractivity contribution in [3.8, 4) is 40.2 Å². The predicted molar refractivity (Wildman–Crippen MR) is 263 cm³/mol. The summed E-state index contributed by atoms with van der Waals surface area (Å²) in [6.07, 6.45) is 2.83. The van der Waals surface area contributed by atoms with Crippen molar-refractivity contribution in [3.05, 3.63) is 242 Å². The third-order valence-corrected chi connectivity index (χ3v) is 9.25. The molecule has 0 spiro atoms. The molecule has 0 aromatic heterocycles. The fraction of sp³-hybridized carbons (Fsp3) is 0.0192. The number of rotatable bonds is 10. The third-order valence-electron chi connectivity index (χ3n) is 8.24. The number of carbonyl (C=O) groups excluding carboxylic acids is 2. The molecule has 0 aliphatic rings. The Morgan fingerprint density at radius 3 is 1.00 bits per heavy atom. The number of ether oxygens (including phenoxy) is 3. The number of nitrogens with two attached hydrogens (primary N) is 1. The van der Waals surface area contributed by atoms with Gasteiger partial charge in [0.1, 0.15) is 58.6 Å². The zero-order chi connectivity index (χ0) is 47.5. The van der Waals surface area contributed by atoms with Crippen LogP contribution in [0.15, 0.2) is 199 Å². The van der Waals surface area contributed by atoms with Gasteiger partial charge in [-0.3, -0.25) is 9.59 Å². The van der Waals surface area contributed by atoms with Crippen LogP contribution in [0.5, 0.6) is 40.2 Å². The zero-order valence-electron chi connectivity index (χ0n) is 36.9. The molecule has 8 aromatic carbocycles. The van der Waals surface area contributed by atoms with E-state index in [1.165, 1.54) is 30.5 Å². The van der Waals surface area contributed by atoms with Crippen LogP contribution in [0.1, 0.15) is 31.8 Å². The summed E-state index contributed by atoms with van der Waals surface area (Å²) in [6, 6.07) is 55.0. The molecule has 0 saturated carbocycles. The molecule has 5 N–H and O–H groups in total. The summed E-state index contributed by atoms with van der Waals surface area (Å²) in [7, 11) is 0. The molecule has 0 amide bonds. The van der Waals surface area contributed by atoms with E-state index in [0.29, 0.717) is 61.3 Å². The maximum atomic E-state index is 12.1. The van der Waals surface area contributed by atoms with Crippen LogP contribution in [0, 0.1) is 5.82 Å². The topological polar surface area (TPSA) is 171 Å². The number of halogens is 5. The fourth-order valence-corrected chi connectivity index (χ4v) is 5.40. The minimum absolute atomic E-state index is 0. The van der Waals surface area contributed by atoms with Gasteiger partial charge in [0.05, 0.1) is 6.21 Å². The Morgan fingerprint density at radius 2 is 0.725 bits per heavy atom. The van der Waals surface area contributed by atoms with E-state index in [9.17, 15) is 14.0 Å². The Morgan fingerprint density at radius 1 is 0.464 bits per heavy atom. The van der Waals surface area contributed by atoms with E-state index >= 15 is 0 Å². The van der Waals surface area contributed by atoms with E-state index in [1.807, 2.05) is 36.4 Å². The van der Waals surface area contributed by atoms with Crippen molar-refractivity contribution >= 4 is 65.2 Å². The maximum absolute atomic E-state index is 12.1. The summed E-state index contributed by atoms with van der Waals surface area (Å²) in [5.41, 5.74) is 8.53. The van der Waals surface area contributed by atoms with E-state index < -0.39 is 0 Å². The van der Waals surface area contributed by atoms with Crippen LogP contribution >= 0.6 is 46.4 Å². The Balaban J connectivity index is 0.000000438. The van der Waals surface area contributed by atoms with Gasteiger partial charge >= 0.3 is 51.4 Å². The van der Waals surface area contributed by atoms with Crippen LogP contribution in [-0.4, -0.2) is 34.6 Å². The van der Waals surface area contributed by atoms with Crippen molar-refractivity contribution in [2.75, 3.05) is 0 Å². The van der Waals surface area contributed by atoms with E-state index in [0.717, 1.165) is 34.7 Å². The van der Waals surface area contributed by atoms with Gasteiger partial charge in [-0.05, 0) is 193 Å². The van der Waals surface area contributed by atoms with Crippen LogP contribution in [0.3, 0.4) is 0 Å². The monoisotopic (exact) mass is 1080 g/mol. The molecule has 346 valence electrons. The molecule has 8 aromatic rings.